The molecule has 0 aromatic heterocycles. The Balaban J connectivity index is 3.32. The Hall–Kier alpha value is -0.900. The Bertz CT molecular complexity index is 279. The average molecular weight is 299 g/mol. The largest absolute Gasteiger partial charge is 0.373 e. The van der Waals surface area contributed by atoms with E-state index >= 15 is 0 Å². The van der Waals surface area contributed by atoms with Crippen LogP contribution in [0, 0.1) is 5.92 Å². The van der Waals surface area contributed by atoms with Crippen molar-refractivity contribution < 1.29 is 14.4 Å². The van der Waals surface area contributed by atoms with Crippen LogP contribution in [0.2, 0.25) is 0 Å². The second kappa shape index (κ2) is 14.1. The minimum absolute atomic E-state index is 0.0682. The third-order valence-electron chi connectivity index (χ3n) is 3.98. The number of nitrogens with two attached hydrogens (primary N) is 1. The predicted molar refractivity (Wildman–Crippen MR) is 85.5 cm³/mol. The summed E-state index contributed by atoms with van der Waals surface area (Å²) in [6, 6.07) is 0. The number of hydrogen-bond donors (Lipinski definition) is 1. The van der Waals surface area contributed by atoms with Gasteiger partial charge in [-0.05, 0) is 13.3 Å². The van der Waals surface area contributed by atoms with Crippen LogP contribution in [0.1, 0.15) is 90.9 Å². The zero-order valence-corrected chi connectivity index (χ0v) is 13.9. The SMILES string of the molecule is CCCCCCCCCCCCCC(=O)C(C)C(=O)ON. The molecule has 0 fully saturated rings. The van der Waals surface area contributed by atoms with E-state index in [2.05, 4.69) is 11.8 Å². The van der Waals surface area contributed by atoms with Crippen LogP contribution in [-0.4, -0.2) is 11.8 Å². The lowest BCUT2D eigenvalue weighted by molar-refractivity contribution is -0.151. The van der Waals surface area contributed by atoms with E-state index in [1.54, 1.807) is 6.92 Å². The van der Waals surface area contributed by atoms with Crippen LogP contribution in [0.4, 0.5) is 0 Å². The highest BCUT2D eigenvalue weighted by Gasteiger charge is 2.21. The molecule has 1 unspecified atom stereocenters. The van der Waals surface area contributed by atoms with Gasteiger partial charge in [0, 0.05) is 6.42 Å². The minimum atomic E-state index is -0.724. The van der Waals surface area contributed by atoms with Crippen molar-refractivity contribution in [1.29, 1.82) is 0 Å². The van der Waals surface area contributed by atoms with Gasteiger partial charge in [-0.1, -0.05) is 71.1 Å². The fourth-order valence-corrected chi connectivity index (χ4v) is 2.41. The summed E-state index contributed by atoms with van der Waals surface area (Å²) in [5.74, 6) is 3.34. The lowest BCUT2D eigenvalue weighted by Gasteiger charge is -2.07. The van der Waals surface area contributed by atoms with Gasteiger partial charge in [-0.3, -0.25) is 4.79 Å². The van der Waals surface area contributed by atoms with Gasteiger partial charge in [0.25, 0.3) is 0 Å². The maximum absolute atomic E-state index is 11.6. The number of carbonyl (C=O) groups is 2. The molecule has 0 rings (SSSR count). The van der Waals surface area contributed by atoms with Crippen LogP contribution in [-0.2, 0) is 14.4 Å². The second-order valence-corrected chi connectivity index (χ2v) is 5.91. The summed E-state index contributed by atoms with van der Waals surface area (Å²) in [7, 11) is 0. The van der Waals surface area contributed by atoms with Crippen LogP contribution in [0.5, 0.6) is 0 Å². The van der Waals surface area contributed by atoms with Gasteiger partial charge in [-0.15, -0.1) is 0 Å². The van der Waals surface area contributed by atoms with Gasteiger partial charge in [0.1, 0.15) is 11.7 Å². The Morgan fingerprint density at radius 1 is 0.857 bits per heavy atom. The molecule has 4 heteroatoms. The normalized spacial score (nSPS) is 12.1. The van der Waals surface area contributed by atoms with Crippen LogP contribution in [0.3, 0.4) is 0 Å². The van der Waals surface area contributed by atoms with Gasteiger partial charge in [0.2, 0.25) is 0 Å². The zero-order chi connectivity index (χ0) is 15.9. The Morgan fingerprint density at radius 2 is 1.29 bits per heavy atom. The van der Waals surface area contributed by atoms with Crippen molar-refractivity contribution in [3.05, 3.63) is 0 Å². The molecule has 0 aromatic rings. The van der Waals surface area contributed by atoms with E-state index < -0.39 is 11.9 Å². The smallest absolute Gasteiger partial charge is 0.334 e. The van der Waals surface area contributed by atoms with E-state index in [4.69, 9.17) is 5.90 Å². The lowest BCUT2D eigenvalue weighted by Crippen LogP contribution is -2.25. The highest BCUT2D eigenvalue weighted by molar-refractivity contribution is 5.98. The molecule has 0 aliphatic rings. The summed E-state index contributed by atoms with van der Waals surface area (Å²) in [6.07, 6.45) is 14.2. The van der Waals surface area contributed by atoms with E-state index in [9.17, 15) is 9.59 Å². The Kier molecular flexibility index (Phi) is 13.5. The molecule has 2 N–H and O–H groups in total. The quantitative estimate of drug-likeness (QED) is 0.295. The molecule has 0 aliphatic carbocycles. The zero-order valence-electron chi connectivity index (χ0n) is 13.9. The first kappa shape index (κ1) is 20.1. The molecule has 0 bridgehead atoms. The minimum Gasteiger partial charge on any atom is -0.373 e. The maximum atomic E-state index is 11.6. The highest BCUT2D eigenvalue weighted by Crippen LogP contribution is 2.13. The van der Waals surface area contributed by atoms with E-state index in [1.165, 1.54) is 57.8 Å². The van der Waals surface area contributed by atoms with Crippen molar-refractivity contribution in [2.75, 3.05) is 0 Å². The Labute approximate surface area is 129 Å². The first-order chi connectivity index (χ1) is 10.1. The number of Topliss-reactive ketones (excluding diaryl/α,β-unsaturated/α-hetero) is 1. The summed E-state index contributed by atoms with van der Waals surface area (Å²) < 4.78 is 0. The molecular formula is C17H33NO3. The number of ketones is 1. The standard InChI is InChI=1S/C17H33NO3/c1-3-4-5-6-7-8-9-10-11-12-13-14-16(19)15(2)17(20)21-18/h15H,3-14,18H2,1-2H3. The molecular weight excluding hydrogens is 266 g/mol. The van der Waals surface area contributed by atoms with Crippen molar-refractivity contribution in [1.82, 2.24) is 0 Å². The lowest BCUT2D eigenvalue weighted by atomic mass is 10.00. The van der Waals surface area contributed by atoms with Crippen LogP contribution in [0.25, 0.3) is 0 Å². The van der Waals surface area contributed by atoms with Crippen molar-refractivity contribution in [3.8, 4) is 0 Å². The monoisotopic (exact) mass is 299 g/mol. The molecule has 124 valence electrons. The van der Waals surface area contributed by atoms with E-state index in [0.717, 1.165) is 12.8 Å². The van der Waals surface area contributed by atoms with Gasteiger partial charge in [-0.25, -0.2) is 4.79 Å². The molecule has 1 atom stereocenters. The molecule has 21 heavy (non-hydrogen) atoms. The summed E-state index contributed by atoms with van der Waals surface area (Å²) in [4.78, 5) is 26.8. The van der Waals surface area contributed by atoms with Crippen molar-refractivity contribution >= 4 is 11.8 Å². The molecule has 0 radical (unpaired) electrons. The Morgan fingerprint density at radius 3 is 1.71 bits per heavy atom. The third kappa shape index (κ3) is 11.4. The molecule has 0 aliphatic heterocycles. The number of hydrogen-bond acceptors (Lipinski definition) is 4. The fourth-order valence-electron chi connectivity index (χ4n) is 2.41. The molecule has 0 heterocycles. The van der Waals surface area contributed by atoms with E-state index in [0.29, 0.717) is 6.42 Å². The van der Waals surface area contributed by atoms with Crippen molar-refractivity contribution in [2.24, 2.45) is 11.8 Å². The summed E-state index contributed by atoms with van der Waals surface area (Å²) in [5, 5.41) is 0. The number of carbonyl (C=O) groups excluding carboxylic acids is 2. The van der Waals surface area contributed by atoms with Crippen LogP contribution >= 0.6 is 0 Å². The summed E-state index contributed by atoms with van der Waals surface area (Å²) >= 11 is 0. The maximum Gasteiger partial charge on any atom is 0.334 e. The fraction of sp³-hybridized carbons (Fsp3) is 0.882. The van der Waals surface area contributed by atoms with Gasteiger partial charge in [-0.2, -0.15) is 5.90 Å². The first-order valence-corrected chi connectivity index (χ1v) is 8.56. The predicted octanol–water partition coefficient (Wildman–Crippen LogP) is 4.31. The second-order valence-electron chi connectivity index (χ2n) is 5.91. The van der Waals surface area contributed by atoms with Gasteiger partial charge in [0.05, 0.1) is 0 Å². The molecule has 0 aromatic carbocycles. The van der Waals surface area contributed by atoms with Gasteiger partial charge >= 0.3 is 5.97 Å². The van der Waals surface area contributed by atoms with Crippen LogP contribution in [0.15, 0.2) is 0 Å². The molecule has 0 amide bonds. The molecule has 0 spiro atoms. The topological polar surface area (TPSA) is 69.4 Å². The summed E-state index contributed by atoms with van der Waals surface area (Å²) in [5.41, 5.74) is 0. The van der Waals surface area contributed by atoms with Crippen molar-refractivity contribution in [3.63, 3.8) is 0 Å². The van der Waals surface area contributed by atoms with Crippen LogP contribution < -0.4 is 5.90 Å². The molecule has 4 nitrogen and oxygen atoms in total. The third-order valence-corrected chi connectivity index (χ3v) is 3.98. The average Bonchev–Trinajstić information content (AvgIpc) is 2.50. The summed E-state index contributed by atoms with van der Waals surface area (Å²) in [6.45, 7) is 3.79. The van der Waals surface area contributed by atoms with E-state index in [1.807, 2.05) is 0 Å². The highest BCUT2D eigenvalue weighted by atomic mass is 16.7. The number of unbranched alkanes of at least 4 members (excludes halogenated alkanes) is 10. The molecule has 0 saturated heterocycles. The molecule has 0 saturated carbocycles. The van der Waals surface area contributed by atoms with Crippen molar-refractivity contribution in [2.45, 2.75) is 90.9 Å². The number of rotatable bonds is 14. The first-order valence-electron chi connectivity index (χ1n) is 8.56. The van der Waals surface area contributed by atoms with Gasteiger partial charge < -0.3 is 4.84 Å². The van der Waals surface area contributed by atoms with E-state index in [-0.39, 0.29) is 5.78 Å². The van der Waals surface area contributed by atoms with Gasteiger partial charge in [0.15, 0.2) is 0 Å².